The van der Waals surface area contributed by atoms with Crippen molar-refractivity contribution in [3.05, 3.63) is 35.9 Å². The second-order valence-electron chi connectivity index (χ2n) is 5.93. The third-order valence-electron chi connectivity index (χ3n) is 4.07. The Balaban J connectivity index is 0.00000264. The number of benzene rings is 1. The second-order valence-corrected chi connectivity index (χ2v) is 5.93. The van der Waals surface area contributed by atoms with Gasteiger partial charge in [0.1, 0.15) is 0 Å². The monoisotopic (exact) mass is 339 g/mol. The number of amides is 2. The SMILES string of the molecule is Cl.NC1CCCC(C(=O)NCCC(=O)NCc2ccccc2)C1. The van der Waals surface area contributed by atoms with Crippen LogP contribution in [0.1, 0.15) is 37.7 Å². The summed E-state index contributed by atoms with van der Waals surface area (Å²) in [5, 5.41) is 5.70. The lowest BCUT2D eigenvalue weighted by molar-refractivity contribution is -0.126. The maximum absolute atomic E-state index is 12.0. The average Bonchev–Trinajstić information content (AvgIpc) is 2.54. The standard InChI is InChI=1S/C17H25N3O2.ClH/c18-15-8-4-7-14(11-15)17(22)19-10-9-16(21)20-12-13-5-2-1-3-6-13;/h1-3,5-6,14-15H,4,7-12,18H2,(H,19,22)(H,20,21);1H. The largest absolute Gasteiger partial charge is 0.355 e. The van der Waals surface area contributed by atoms with Crippen LogP contribution in [-0.4, -0.2) is 24.4 Å². The Labute approximate surface area is 143 Å². The van der Waals surface area contributed by atoms with Gasteiger partial charge in [0.25, 0.3) is 0 Å². The molecule has 6 heteroatoms. The number of nitrogens with two attached hydrogens (primary N) is 1. The molecule has 2 rings (SSSR count). The van der Waals surface area contributed by atoms with Crippen LogP contribution in [0.3, 0.4) is 0 Å². The van der Waals surface area contributed by atoms with Crippen molar-refractivity contribution in [2.24, 2.45) is 11.7 Å². The molecule has 0 bridgehead atoms. The molecule has 1 aromatic carbocycles. The maximum Gasteiger partial charge on any atom is 0.223 e. The molecule has 0 heterocycles. The minimum absolute atomic E-state index is 0. The van der Waals surface area contributed by atoms with Crippen LogP contribution >= 0.6 is 12.4 Å². The first-order chi connectivity index (χ1) is 10.6. The molecule has 2 unspecified atom stereocenters. The fraction of sp³-hybridized carbons (Fsp3) is 0.529. The van der Waals surface area contributed by atoms with E-state index in [1.54, 1.807) is 0 Å². The highest BCUT2D eigenvalue weighted by Gasteiger charge is 2.24. The van der Waals surface area contributed by atoms with Gasteiger partial charge in [-0.05, 0) is 24.8 Å². The van der Waals surface area contributed by atoms with Crippen molar-refractivity contribution in [1.29, 1.82) is 0 Å². The van der Waals surface area contributed by atoms with Gasteiger partial charge < -0.3 is 16.4 Å². The van der Waals surface area contributed by atoms with E-state index in [-0.39, 0.29) is 36.2 Å². The van der Waals surface area contributed by atoms with Gasteiger partial charge in [-0.2, -0.15) is 0 Å². The molecule has 1 fully saturated rings. The van der Waals surface area contributed by atoms with Crippen molar-refractivity contribution in [3.63, 3.8) is 0 Å². The summed E-state index contributed by atoms with van der Waals surface area (Å²) < 4.78 is 0. The average molecular weight is 340 g/mol. The minimum atomic E-state index is -0.0514. The van der Waals surface area contributed by atoms with E-state index in [1.165, 1.54) is 0 Å². The zero-order valence-electron chi connectivity index (χ0n) is 13.3. The molecule has 0 aromatic heterocycles. The van der Waals surface area contributed by atoms with Crippen LogP contribution < -0.4 is 16.4 Å². The highest BCUT2D eigenvalue weighted by molar-refractivity contribution is 5.85. The van der Waals surface area contributed by atoms with Crippen molar-refractivity contribution in [2.45, 2.75) is 44.7 Å². The van der Waals surface area contributed by atoms with Gasteiger partial charge in [-0.3, -0.25) is 9.59 Å². The van der Waals surface area contributed by atoms with E-state index in [2.05, 4.69) is 10.6 Å². The Bertz CT molecular complexity index is 496. The van der Waals surface area contributed by atoms with Gasteiger partial charge in [0.2, 0.25) is 11.8 Å². The summed E-state index contributed by atoms with van der Waals surface area (Å²) in [6.07, 6.45) is 3.98. The van der Waals surface area contributed by atoms with Crippen molar-refractivity contribution < 1.29 is 9.59 Å². The quantitative estimate of drug-likeness (QED) is 0.738. The molecule has 5 nitrogen and oxygen atoms in total. The van der Waals surface area contributed by atoms with Crippen LogP contribution in [0.5, 0.6) is 0 Å². The van der Waals surface area contributed by atoms with Gasteiger partial charge in [-0.15, -0.1) is 12.4 Å². The van der Waals surface area contributed by atoms with Gasteiger partial charge in [0.05, 0.1) is 0 Å². The molecular formula is C17H26ClN3O2. The summed E-state index contributed by atoms with van der Waals surface area (Å²) in [6, 6.07) is 9.90. The van der Waals surface area contributed by atoms with Crippen LogP contribution in [-0.2, 0) is 16.1 Å². The summed E-state index contributed by atoms with van der Waals surface area (Å²) in [6.45, 7) is 0.899. The number of hydrogen-bond acceptors (Lipinski definition) is 3. The summed E-state index contributed by atoms with van der Waals surface area (Å²) in [5.74, 6) is -0.00774. The van der Waals surface area contributed by atoms with Gasteiger partial charge in [-0.25, -0.2) is 0 Å². The van der Waals surface area contributed by atoms with Crippen LogP contribution in [0.4, 0.5) is 0 Å². The number of hydrogen-bond donors (Lipinski definition) is 3. The summed E-state index contributed by atoms with van der Waals surface area (Å²) in [7, 11) is 0. The van der Waals surface area contributed by atoms with Crippen molar-refractivity contribution in [1.82, 2.24) is 10.6 Å². The number of carbonyl (C=O) groups is 2. The van der Waals surface area contributed by atoms with E-state index in [0.717, 1.165) is 31.2 Å². The smallest absolute Gasteiger partial charge is 0.223 e. The first-order valence-corrected chi connectivity index (χ1v) is 7.99. The molecule has 2 atom stereocenters. The van der Waals surface area contributed by atoms with Gasteiger partial charge >= 0.3 is 0 Å². The normalized spacial score (nSPS) is 20.2. The van der Waals surface area contributed by atoms with Gasteiger partial charge in [0, 0.05) is 31.5 Å². The second kappa shape index (κ2) is 10.2. The Morgan fingerprint density at radius 2 is 1.87 bits per heavy atom. The molecular weight excluding hydrogens is 314 g/mol. The van der Waals surface area contributed by atoms with Crippen molar-refractivity contribution in [2.75, 3.05) is 6.54 Å². The zero-order chi connectivity index (χ0) is 15.8. The Hall–Kier alpha value is -1.59. The summed E-state index contributed by atoms with van der Waals surface area (Å²) in [4.78, 5) is 23.7. The molecule has 2 amide bonds. The van der Waals surface area contributed by atoms with E-state index in [1.807, 2.05) is 30.3 Å². The topological polar surface area (TPSA) is 84.2 Å². The maximum atomic E-state index is 12.0. The van der Waals surface area contributed by atoms with E-state index >= 15 is 0 Å². The lowest BCUT2D eigenvalue weighted by Crippen LogP contribution is -2.39. The molecule has 4 N–H and O–H groups in total. The van der Waals surface area contributed by atoms with Crippen LogP contribution in [0, 0.1) is 5.92 Å². The van der Waals surface area contributed by atoms with Crippen LogP contribution in [0.2, 0.25) is 0 Å². The van der Waals surface area contributed by atoms with Crippen molar-refractivity contribution >= 4 is 24.2 Å². The zero-order valence-corrected chi connectivity index (χ0v) is 14.1. The predicted molar refractivity (Wildman–Crippen MR) is 93.1 cm³/mol. The lowest BCUT2D eigenvalue weighted by atomic mass is 9.85. The van der Waals surface area contributed by atoms with Gasteiger partial charge in [-0.1, -0.05) is 36.8 Å². The molecule has 1 aliphatic rings. The fourth-order valence-electron chi connectivity index (χ4n) is 2.79. The summed E-state index contributed by atoms with van der Waals surface area (Å²) >= 11 is 0. The van der Waals surface area contributed by atoms with E-state index in [0.29, 0.717) is 19.5 Å². The molecule has 0 aliphatic heterocycles. The molecule has 23 heavy (non-hydrogen) atoms. The molecule has 1 aliphatic carbocycles. The number of halogens is 1. The van der Waals surface area contributed by atoms with E-state index in [9.17, 15) is 9.59 Å². The number of nitrogens with one attached hydrogen (secondary N) is 2. The predicted octanol–water partition coefficient (Wildman–Crippen LogP) is 1.75. The highest BCUT2D eigenvalue weighted by atomic mass is 35.5. The molecule has 0 spiro atoms. The van der Waals surface area contributed by atoms with E-state index < -0.39 is 0 Å². The van der Waals surface area contributed by atoms with Crippen molar-refractivity contribution in [3.8, 4) is 0 Å². The lowest BCUT2D eigenvalue weighted by Gasteiger charge is -2.25. The van der Waals surface area contributed by atoms with E-state index in [4.69, 9.17) is 5.73 Å². The Morgan fingerprint density at radius 3 is 2.57 bits per heavy atom. The fourth-order valence-corrected chi connectivity index (χ4v) is 2.79. The highest BCUT2D eigenvalue weighted by Crippen LogP contribution is 2.22. The molecule has 1 saturated carbocycles. The van der Waals surface area contributed by atoms with Crippen LogP contribution in [0.25, 0.3) is 0 Å². The molecule has 1 aromatic rings. The number of rotatable bonds is 6. The first kappa shape index (κ1) is 19.5. The molecule has 0 radical (unpaired) electrons. The first-order valence-electron chi connectivity index (χ1n) is 7.99. The van der Waals surface area contributed by atoms with Gasteiger partial charge in [0.15, 0.2) is 0 Å². The third-order valence-corrected chi connectivity index (χ3v) is 4.07. The van der Waals surface area contributed by atoms with Crippen LogP contribution in [0.15, 0.2) is 30.3 Å². The third kappa shape index (κ3) is 7.01. The summed E-state index contributed by atoms with van der Waals surface area (Å²) in [5.41, 5.74) is 6.96. The molecule has 0 saturated heterocycles. The molecule has 128 valence electrons. The Morgan fingerprint density at radius 1 is 1.13 bits per heavy atom. The number of carbonyl (C=O) groups excluding carboxylic acids is 2. The Kier molecular flexibility index (Phi) is 8.66. The minimum Gasteiger partial charge on any atom is -0.355 e.